The fourth-order valence-electron chi connectivity index (χ4n) is 5.78. The SMILES string of the molecule is O=C(c1ccccc1Cl)N1CCCC(N2CCCC(Nc3nccc(N4CCCCCC4)n3)C2)C1. The highest BCUT2D eigenvalue weighted by atomic mass is 35.5. The predicted molar refractivity (Wildman–Crippen MR) is 141 cm³/mol. The Balaban J connectivity index is 1.20. The van der Waals surface area contributed by atoms with Gasteiger partial charge in [0.1, 0.15) is 5.82 Å². The average molecular weight is 497 g/mol. The summed E-state index contributed by atoms with van der Waals surface area (Å²) in [6.45, 7) is 5.75. The lowest BCUT2D eigenvalue weighted by Crippen LogP contribution is -2.54. The summed E-state index contributed by atoms with van der Waals surface area (Å²) in [4.78, 5) is 29.5. The number of hydrogen-bond acceptors (Lipinski definition) is 6. The quantitative estimate of drug-likeness (QED) is 0.647. The Kier molecular flexibility index (Phi) is 8.04. The zero-order valence-electron chi connectivity index (χ0n) is 20.5. The second kappa shape index (κ2) is 11.6. The van der Waals surface area contributed by atoms with Crippen molar-refractivity contribution in [3.63, 3.8) is 0 Å². The van der Waals surface area contributed by atoms with E-state index in [0.717, 1.165) is 76.7 Å². The molecule has 5 rings (SSSR count). The third-order valence-corrected chi connectivity index (χ3v) is 7.99. The number of hydrogen-bond donors (Lipinski definition) is 1. The van der Waals surface area contributed by atoms with Crippen LogP contribution in [0.3, 0.4) is 0 Å². The third-order valence-electron chi connectivity index (χ3n) is 7.66. The molecule has 7 nitrogen and oxygen atoms in total. The van der Waals surface area contributed by atoms with E-state index in [2.05, 4.69) is 20.1 Å². The number of amides is 1. The first-order valence-electron chi connectivity index (χ1n) is 13.3. The molecule has 3 fully saturated rings. The number of rotatable bonds is 5. The van der Waals surface area contributed by atoms with E-state index in [-0.39, 0.29) is 5.91 Å². The minimum Gasteiger partial charge on any atom is -0.356 e. The number of aromatic nitrogens is 2. The number of nitrogens with one attached hydrogen (secondary N) is 1. The van der Waals surface area contributed by atoms with Gasteiger partial charge in [0.25, 0.3) is 5.91 Å². The van der Waals surface area contributed by atoms with Crippen LogP contribution < -0.4 is 10.2 Å². The molecule has 0 spiro atoms. The molecule has 1 aromatic heterocycles. The molecular weight excluding hydrogens is 460 g/mol. The van der Waals surface area contributed by atoms with Crippen molar-refractivity contribution in [1.82, 2.24) is 19.8 Å². The number of likely N-dealkylation sites (tertiary alicyclic amines) is 2. The van der Waals surface area contributed by atoms with E-state index in [1.165, 1.54) is 25.7 Å². The van der Waals surface area contributed by atoms with Gasteiger partial charge in [0.05, 0.1) is 10.6 Å². The molecule has 35 heavy (non-hydrogen) atoms. The van der Waals surface area contributed by atoms with E-state index < -0.39 is 0 Å². The van der Waals surface area contributed by atoms with Gasteiger partial charge in [-0.3, -0.25) is 9.69 Å². The summed E-state index contributed by atoms with van der Waals surface area (Å²) >= 11 is 6.31. The van der Waals surface area contributed by atoms with Gasteiger partial charge in [-0.05, 0) is 63.3 Å². The second-order valence-electron chi connectivity index (χ2n) is 10.1. The van der Waals surface area contributed by atoms with Crippen LogP contribution in [0.1, 0.15) is 61.7 Å². The molecule has 188 valence electrons. The molecule has 0 radical (unpaired) electrons. The van der Waals surface area contributed by atoms with E-state index >= 15 is 0 Å². The Morgan fingerprint density at radius 2 is 1.71 bits per heavy atom. The van der Waals surface area contributed by atoms with Crippen LogP contribution >= 0.6 is 11.6 Å². The van der Waals surface area contributed by atoms with E-state index in [1.807, 2.05) is 35.4 Å². The molecule has 1 amide bonds. The molecule has 2 unspecified atom stereocenters. The van der Waals surface area contributed by atoms with Crippen LogP contribution in [-0.4, -0.2) is 77.0 Å². The smallest absolute Gasteiger partial charge is 0.255 e. The molecule has 3 saturated heterocycles. The molecule has 3 aliphatic heterocycles. The zero-order valence-corrected chi connectivity index (χ0v) is 21.3. The van der Waals surface area contributed by atoms with E-state index in [9.17, 15) is 4.79 Å². The number of carbonyl (C=O) groups excluding carboxylic acids is 1. The number of carbonyl (C=O) groups is 1. The third kappa shape index (κ3) is 6.07. The van der Waals surface area contributed by atoms with Crippen molar-refractivity contribution in [3.8, 4) is 0 Å². The Morgan fingerprint density at radius 1 is 0.914 bits per heavy atom. The molecule has 2 aromatic rings. The maximum atomic E-state index is 13.1. The maximum Gasteiger partial charge on any atom is 0.255 e. The van der Waals surface area contributed by atoms with Crippen molar-refractivity contribution in [1.29, 1.82) is 0 Å². The minimum atomic E-state index is 0.0470. The summed E-state index contributed by atoms with van der Waals surface area (Å²) in [7, 11) is 0. The van der Waals surface area contributed by atoms with Gasteiger partial charge in [0.15, 0.2) is 0 Å². The highest BCUT2D eigenvalue weighted by Crippen LogP contribution is 2.25. The zero-order chi connectivity index (χ0) is 24.0. The van der Waals surface area contributed by atoms with Gasteiger partial charge in [-0.2, -0.15) is 4.98 Å². The average Bonchev–Trinajstić information content (AvgIpc) is 3.19. The summed E-state index contributed by atoms with van der Waals surface area (Å²) in [5.74, 6) is 1.82. The summed E-state index contributed by atoms with van der Waals surface area (Å²) < 4.78 is 0. The number of piperidine rings is 2. The van der Waals surface area contributed by atoms with Gasteiger partial charge < -0.3 is 15.1 Å². The Morgan fingerprint density at radius 3 is 2.54 bits per heavy atom. The van der Waals surface area contributed by atoms with Crippen LogP contribution in [-0.2, 0) is 0 Å². The van der Waals surface area contributed by atoms with Crippen molar-refractivity contribution in [2.24, 2.45) is 0 Å². The van der Waals surface area contributed by atoms with E-state index in [1.54, 1.807) is 6.07 Å². The standard InChI is InChI=1S/C27H37ClN6O/c28-24-12-4-3-11-23(24)26(35)34-18-8-10-22(20-34)33-17-7-9-21(19-33)30-27-29-14-13-25(31-27)32-15-5-1-2-6-16-32/h3-4,11-14,21-22H,1-2,5-10,15-20H2,(H,29,30,31). The molecule has 0 bridgehead atoms. The molecule has 1 aromatic carbocycles. The van der Waals surface area contributed by atoms with Crippen molar-refractivity contribution >= 4 is 29.3 Å². The molecule has 0 saturated carbocycles. The topological polar surface area (TPSA) is 64.6 Å². The largest absolute Gasteiger partial charge is 0.356 e. The van der Waals surface area contributed by atoms with Crippen LogP contribution in [0.2, 0.25) is 5.02 Å². The lowest BCUT2D eigenvalue weighted by atomic mass is 9.98. The van der Waals surface area contributed by atoms with Crippen LogP contribution in [0.15, 0.2) is 36.5 Å². The molecule has 8 heteroatoms. The van der Waals surface area contributed by atoms with Crippen molar-refractivity contribution in [2.75, 3.05) is 49.5 Å². The number of benzene rings is 1. The number of halogens is 1. The van der Waals surface area contributed by atoms with Crippen LogP contribution in [0, 0.1) is 0 Å². The Labute approximate surface area is 213 Å². The monoisotopic (exact) mass is 496 g/mol. The number of nitrogens with zero attached hydrogens (tertiary/aromatic N) is 5. The molecule has 3 aliphatic rings. The van der Waals surface area contributed by atoms with E-state index in [4.69, 9.17) is 16.6 Å². The summed E-state index contributed by atoms with van der Waals surface area (Å²) in [5.41, 5.74) is 0.606. The van der Waals surface area contributed by atoms with E-state index in [0.29, 0.717) is 22.7 Å². The summed E-state index contributed by atoms with van der Waals surface area (Å²) in [6.07, 6.45) is 11.4. The van der Waals surface area contributed by atoms with Gasteiger partial charge >= 0.3 is 0 Å². The van der Waals surface area contributed by atoms with Gasteiger partial charge in [-0.1, -0.05) is 36.6 Å². The highest BCUT2D eigenvalue weighted by molar-refractivity contribution is 6.33. The Hall–Kier alpha value is -2.38. The van der Waals surface area contributed by atoms with Crippen LogP contribution in [0.25, 0.3) is 0 Å². The fraction of sp³-hybridized carbons (Fsp3) is 0.593. The highest BCUT2D eigenvalue weighted by Gasteiger charge is 2.32. The molecule has 4 heterocycles. The first-order valence-corrected chi connectivity index (χ1v) is 13.7. The van der Waals surface area contributed by atoms with Gasteiger partial charge in [-0.15, -0.1) is 0 Å². The molecule has 1 N–H and O–H groups in total. The minimum absolute atomic E-state index is 0.0470. The lowest BCUT2D eigenvalue weighted by molar-refractivity contribution is 0.0526. The Bertz CT molecular complexity index is 995. The summed E-state index contributed by atoms with van der Waals surface area (Å²) in [6, 6.07) is 10.1. The first kappa shape index (κ1) is 24.3. The van der Waals surface area contributed by atoms with Crippen molar-refractivity contribution in [2.45, 2.75) is 63.5 Å². The van der Waals surface area contributed by atoms with Gasteiger partial charge in [-0.25, -0.2) is 4.98 Å². The lowest BCUT2D eigenvalue weighted by Gasteiger charge is -2.43. The normalized spacial score (nSPS) is 24.1. The van der Waals surface area contributed by atoms with Crippen molar-refractivity contribution in [3.05, 3.63) is 47.1 Å². The van der Waals surface area contributed by atoms with Crippen LogP contribution in [0.4, 0.5) is 11.8 Å². The molecule has 2 atom stereocenters. The maximum absolute atomic E-state index is 13.1. The number of anilines is 2. The van der Waals surface area contributed by atoms with Gasteiger partial charge in [0, 0.05) is 51.0 Å². The van der Waals surface area contributed by atoms with Crippen molar-refractivity contribution < 1.29 is 4.79 Å². The van der Waals surface area contributed by atoms with Gasteiger partial charge in [0.2, 0.25) is 5.95 Å². The molecule has 0 aliphatic carbocycles. The molecular formula is C27H37ClN6O. The van der Waals surface area contributed by atoms with Crippen LogP contribution in [0.5, 0.6) is 0 Å². The first-order chi connectivity index (χ1) is 17.2. The predicted octanol–water partition coefficient (Wildman–Crippen LogP) is 4.69. The fourth-order valence-corrected chi connectivity index (χ4v) is 5.99. The summed E-state index contributed by atoms with van der Waals surface area (Å²) in [5, 5.41) is 4.16. The second-order valence-corrected chi connectivity index (χ2v) is 10.6.